The first-order valence-corrected chi connectivity index (χ1v) is 10.4. The molecule has 0 N–H and O–H groups in total. The number of hydrogen-bond acceptors (Lipinski definition) is 4. The number of carbonyl (C=O) groups is 2. The number of carbonyl (C=O) groups excluding carboxylic acids is 2. The van der Waals surface area contributed by atoms with Crippen molar-refractivity contribution in [3.8, 4) is 0 Å². The number of hydrogen-bond donors (Lipinski definition) is 0. The molecule has 0 saturated carbocycles. The molecule has 0 unspecified atom stereocenters. The van der Waals surface area contributed by atoms with E-state index in [1.165, 1.54) is 38.5 Å². The van der Waals surface area contributed by atoms with E-state index in [0.29, 0.717) is 12.8 Å². The van der Waals surface area contributed by atoms with E-state index in [9.17, 15) is 9.59 Å². The van der Waals surface area contributed by atoms with Gasteiger partial charge in [-0.2, -0.15) is 0 Å². The van der Waals surface area contributed by atoms with Crippen LogP contribution < -0.4 is 0 Å². The fraction of sp³-hybridized carbons (Fsp3) is 0.909. The Morgan fingerprint density at radius 1 is 0.500 bits per heavy atom. The molecule has 0 spiro atoms. The lowest BCUT2D eigenvalue weighted by Gasteiger charge is -2.19. The summed E-state index contributed by atoms with van der Waals surface area (Å²) in [6, 6.07) is 0. The molecule has 0 aliphatic rings. The van der Waals surface area contributed by atoms with Gasteiger partial charge in [0.15, 0.2) is 0 Å². The Labute approximate surface area is 161 Å². The first kappa shape index (κ1) is 24.9. The van der Waals surface area contributed by atoms with Gasteiger partial charge in [0.1, 0.15) is 11.2 Å². The monoisotopic (exact) mass is 370 g/mol. The standard InChI is InChI=1S/C22H42O4/c1-21(2,3)25-19(23)17-15-13-11-9-7-8-10-12-14-16-18-20(24)26-22(4,5)6/h7-18H2,1-6H3. The van der Waals surface area contributed by atoms with Gasteiger partial charge < -0.3 is 9.47 Å². The SMILES string of the molecule is CC(C)(C)OC(=O)CCCCCCCCCCCCC(=O)OC(C)(C)C. The molecule has 0 fully saturated rings. The summed E-state index contributed by atoms with van der Waals surface area (Å²) in [5, 5.41) is 0. The molecule has 0 atom stereocenters. The van der Waals surface area contributed by atoms with E-state index in [1.54, 1.807) is 0 Å². The van der Waals surface area contributed by atoms with Crippen LogP contribution in [0.4, 0.5) is 0 Å². The van der Waals surface area contributed by atoms with Crippen LogP contribution in [0, 0.1) is 0 Å². The molecule has 154 valence electrons. The lowest BCUT2D eigenvalue weighted by Crippen LogP contribution is -2.23. The van der Waals surface area contributed by atoms with E-state index in [1.807, 2.05) is 41.5 Å². The normalized spacial score (nSPS) is 12.1. The molecule has 0 rings (SSSR count). The molecular weight excluding hydrogens is 328 g/mol. The van der Waals surface area contributed by atoms with Gasteiger partial charge in [-0.1, -0.05) is 51.4 Å². The second kappa shape index (κ2) is 13.2. The van der Waals surface area contributed by atoms with E-state index >= 15 is 0 Å². The van der Waals surface area contributed by atoms with Crippen molar-refractivity contribution in [1.82, 2.24) is 0 Å². The van der Waals surface area contributed by atoms with Crippen LogP contribution in [-0.4, -0.2) is 23.1 Å². The van der Waals surface area contributed by atoms with Gasteiger partial charge in [0.05, 0.1) is 0 Å². The van der Waals surface area contributed by atoms with Crippen molar-refractivity contribution in [2.45, 2.75) is 130 Å². The predicted octanol–water partition coefficient (Wildman–Crippen LogP) is 6.35. The molecule has 0 heterocycles. The first-order chi connectivity index (χ1) is 12.0. The average Bonchev–Trinajstić information content (AvgIpc) is 2.44. The highest BCUT2D eigenvalue weighted by Gasteiger charge is 2.16. The third-order valence-electron chi connectivity index (χ3n) is 3.85. The summed E-state index contributed by atoms with van der Waals surface area (Å²) in [5.41, 5.74) is -0.742. The molecule has 0 aromatic rings. The molecule has 0 bridgehead atoms. The van der Waals surface area contributed by atoms with Crippen LogP contribution in [0.1, 0.15) is 119 Å². The first-order valence-electron chi connectivity index (χ1n) is 10.4. The maximum atomic E-state index is 11.6. The van der Waals surface area contributed by atoms with Gasteiger partial charge >= 0.3 is 11.9 Å². The topological polar surface area (TPSA) is 52.6 Å². The minimum Gasteiger partial charge on any atom is -0.460 e. The van der Waals surface area contributed by atoms with E-state index in [2.05, 4.69) is 0 Å². The van der Waals surface area contributed by atoms with Crippen molar-refractivity contribution >= 4 is 11.9 Å². The minimum absolute atomic E-state index is 0.0797. The third kappa shape index (κ3) is 19.3. The molecule has 4 heteroatoms. The highest BCUT2D eigenvalue weighted by Crippen LogP contribution is 2.15. The van der Waals surface area contributed by atoms with Crippen molar-refractivity contribution in [1.29, 1.82) is 0 Å². The summed E-state index contributed by atoms with van der Waals surface area (Å²) in [5.74, 6) is -0.159. The zero-order valence-corrected chi connectivity index (χ0v) is 18.1. The Morgan fingerprint density at radius 3 is 0.962 bits per heavy atom. The summed E-state index contributed by atoms with van der Waals surface area (Å²) in [6.07, 6.45) is 12.5. The highest BCUT2D eigenvalue weighted by molar-refractivity contribution is 5.70. The maximum absolute atomic E-state index is 11.6. The third-order valence-corrected chi connectivity index (χ3v) is 3.85. The largest absolute Gasteiger partial charge is 0.460 e. The number of unbranched alkanes of at least 4 members (excludes halogenated alkanes) is 9. The Kier molecular flexibility index (Phi) is 12.6. The molecule has 26 heavy (non-hydrogen) atoms. The molecule has 4 nitrogen and oxygen atoms in total. The van der Waals surface area contributed by atoms with Crippen molar-refractivity contribution < 1.29 is 19.1 Å². The quantitative estimate of drug-likeness (QED) is 0.280. The molecule has 0 aromatic carbocycles. The van der Waals surface area contributed by atoms with Crippen LogP contribution >= 0.6 is 0 Å². The van der Waals surface area contributed by atoms with Crippen LogP contribution in [0.3, 0.4) is 0 Å². The summed E-state index contributed by atoms with van der Waals surface area (Å²) in [4.78, 5) is 23.2. The van der Waals surface area contributed by atoms with Crippen molar-refractivity contribution in [3.05, 3.63) is 0 Å². The smallest absolute Gasteiger partial charge is 0.306 e. The van der Waals surface area contributed by atoms with Gasteiger partial charge in [-0.05, 0) is 54.4 Å². The number of ether oxygens (including phenoxy) is 2. The number of esters is 2. The second-order valence-corrected chi connectivity index (χ2v) is 9.21. The summed E-state index contributed by atoms with van der Waals surface area (Å²) >= 11 is 0. The van der Waals surface area contributed by atoms with Crippen LogP contribution in [-0.2, 0) is 19.1 Å². The van der Waals surface area contributed by atoms with Gasteiger partial charge in [-0.15, -0.1) is 0 Å². The Hall–Kier alpha value is -1.06. The van der Waals surface area contributed by atoms with Gasteiger partial charge in [0.25, 0.3) is 0 Å². The maximum Gasteiger partial charge on any atom is 0.306 e. The van der Waals surface area contributed by atoms with Crippen LogP contribution in [0.2, 0.25) is 0 Å². The summed E-state index contributed by atoms with van der Waals surface area (Å²) in [7, 11) is 0. The second-order valence-electron chi connectivity index (χ2n) is 9.21. The van der Waals surface area contributed by atoms with Crippen LogP contribution in [0.5, 0.6) is 0 Å². The fourth-order valence-electron chi connectivity index (χ4n) is 2.74. The molecule has 0 radical (unpaired) electrons. The van der Waals surface area contributed by atoms with Gasteiger partial charge in [0.2, 0.25) is 0 Å². The Morgan fingerprint density at radius 2 is 0.731 bits per heavy atom. The molecule has 0 aromatic heterocycles. The van der Waals surface area contributed by atoms with Gasteiger partial charge in [0, 0.05) is 12.8 Å². The average molecular weight is 371 g/mol. The lowest BCUT2D eigenvalue weighted by atomic mass is 10.0. The van der Waals surface area contributed by atoms with E-state index < -0.39 is 0 Å². The van der Waals surface area contributed by atoms with E-state index in [0.717, 1.165) is 25.7 Å². The van der Waals surface area contributed by atoms with Crippen LogP contribution in [0.15, 0.2) is 0 Å². The molecule has 0 aliphatic heterocycles. The van der Waals surface area contributed by atoms with E-state index in [4.69, 9.17) is 9.47 Å². The van der Waals surface area contributed by atoms with Gasteiger partial charge in [-0.3, -0.25) is 9.59 Å². The van der Waals surface area contributed by atoms with E-state index in [-0.39, 0.29) is 23.1 Å². The highest BCUT2D eigenvalue weighted by atomic mass is 16.6. The van der Waals surface area contributed by atoms with Crippen molar-refractivity contribution in [2.24, 2.45) is 0 Å². The Bertz CT molecular complexity index is 350. The van der Waals surface area contributed by atoms with Gasteiger partial charge in [-0.25, -0.2) is 0 Å². The summed E-state index contributed by atoms with van der Waals surface area (Å²) < 4.78 is 10.6. The zero-order chi connectivity index (χ0) is 20.1. The molecule has 0 amide bonds. The Balaban J connectivity index is 3.32. The minimum atomic E-state index is -0.371. The molecular formula is C22H42O4. The predicted molar refractivity (Wildman–Crippen MR) is 107 cm³/mol. The fourth-order valence-corrected chi connectivity index (χ4v) is 2.74. The van der Waals surface area contributed by atoms with Crippen molar-refractivity contribution in [3.63, 3.8) is 0 Å². The van der Waals surface area contributed by atoms with Crippen LogP contribution in [0.25, 0.3) is 0 Å². The number of rotatable bonds is 13. The summed E-state index contributed by atoms with van der Waals surface area (Å²) in [6.45, 7) is 11.4. The lowest BCUT2D eigenvalue weighted by molar-refractivity contribution is -0.156. The molecule has 0 saturated heterocycles. The molecule has 0 aliphatic carbocycles. The zero-order valence-electron chi connectivity index (χ0n) is 18.1. The van der Waals surface area contributed by atoms with Crippen molar-refractivity contribution in [2.75, 3.05) is 0 Å².